The van der Waals surface area contributed by atoms with E-state index in [0.29, 0.717) is 17.2 Å². The van der Waals surface area contributed by atoms with E-state index in [2.05, 4.69) is 0 Å². The molecule has 1 aromatic carbocycles. The van der Waals surface area contributed by atoms with Crippen molar-refractivity contribution < 1.29 is 19.0 Å². The van der Waals surface area contributed by atoms with Gasteiger partial charge in [0.15, 0.2) is 0 Å². The Morgan fingerprint density at radius 1 is 1.20 bits per heavy atom. The van der Waals surface area contributed by atoms with Crippen LogP contribution in [0.4, 0.5) is 4.39 Å². The van der Waals surface area contributed by atoms with Gasteiger partial charge in [-0.05, 0) is 37.0 Å². The van der Waals surface area contributed by atoms with Gasteiger partial charge in [-0.3, -0.25) is 0 Å². The van der Waals surface area contributed by atoms with Crippen molar-refractivity contribution in [3.05, 3.63) is 29.6 Å². The number of aliphatic hydroxyl groups excluding tert-OH is 1. The van der Waals surface area contributed by atoms with E-state index in [9.17, 15) is 9.50 Å². The van der Waals surface area contributed by atoms with Gasteiger partial charge in [0.25, 0.3) is 0 Å². The Hall–Kier alpha value is -1.13. The maximum Gasteiger partial charge on any atom is 0.124 e. The zero-order chi connectivity index (χ0) is 14.5. The molecule has 0 aromatic heterocycles. The molecule has 1 aliphatic carbocycles. The summed E-state index contributed by atoms with van der Waals surface area (Å²) in [6.45, 7) is 0. The number of halogens is 1. The molecule has 0 saturated heterocycles. The Kier molecular flexibility index (Phi) is 5.38. The lowest BCUT2D eigenvalue weighted by Gasteiger charge is -2.33. The monoisotopic (exact) mass is 282 g/mol. The standard InChI is InChI=1S/C16H23FO3/c1-19-14-9-8-12(17)10-13(14)15(18)16(20-2)11-6-4-3-5-7-11/h8-11,15-16,18H,3-7H2,1-2H3. The maximum absolute atomic E-state index is 13.4. The molecule has 0 radical (unpaired) electrons. The SMILES string of the molecule is COc1ccc(F)cc1C(O)C(OC)C1CCCCC1. The molecular formula is C16H23FO3. The highest BCUT2D eigenvalue weighted by atomic mass is 19.1. The first kappa shape index (κ1) is 15.3. The van der Waals surface area contributed by atoms with Gasteiger partial charge < -0.3 is 14.6 Å². The quantitative estimate of drug-likeness (QED) is 0.899. The van der Waals surface area contributed by atoms with Crippen molar-refractivity contribution in [1.29, 1.82) is 0 Å². The fourth-order valence-corrected chi connectivity index (χ4v) is 3.16. The average molecular weight is 282 g/mol. The summed E-state index contributed by atoms with van der Waals surface area (Å²) in [6, 6.07) is 4.21. The number of ether oxygens (including phenoxy) is 2. The number of benzene rings is 1. The van der Waals surface area contributed by atoms with Crippen molar-refractivity contribution >= 4 is 0 Å². The molecule has 4 heteroatoms. The summed E-state index contributed by atoms with van der Waals surface area (Å²) in [7, 11) is 3.13. The highest BCUT2D eigenvalue weighted by Gasteiger charge is 2.32. The van der Waals surface area contributed by atoms with Crippen LogP contribution in [0.1, 0.15) is 43.8 Å². The summed E-state index contributed by atoms with van der Waals surface area (Å²) < 4.78 is 24.2. The third kappa shape index (κ3) is 3.30. The topological polar surface area (TPSA) is 38.7 Å². The predicted molar refractivity (Wildman–Crippen MR) is 75.3 cm³/mol. The molecule has 1 aliphatic rings. The number of rotatable bonds is 5. The molecule has 0 aliphatic heterocycles. The van der Waals surface area contributed by atoms with Gasteiger partial charge in [-0.2, -0.15) is 0 Å². The maximum atomic E-state index is 13.4. The third-order valence-corrected chi connectivity index (χ3v) is 4.21. The Balaban J connectivity index is 2.22. The first-order valence-electron chi connectivity index (χ1n) is 7.21. The lowest BCUT2D eigenvalue weighted by atomic mass is 9.81. The van der Waals surface area contributed by atoms with Gasteiger partial charge in [-0.1, -0.05) is 19.3 Å². The van der Waals surface area contributed by atoms with Crippen LogP contribution in [-0.2, 0) is 4.74 Å². The van der Waals surface area contributed by atoms with Crippen LogP contribution >= 0.6 is 0 Å². The Morgan fingerprint density at radius 3 is 2.50 bits per heavy atom. The molecule has 1 saturated carbocycles. The van der Waals surface area contributed by atoms with E-state index in [-0.39, 0.29) is 11.9 Å². The lowest BCUT2D eigenvalue weighted by molar-refractivity contribution is -0.0567. The van der Waals surface area contributed by atoms with Crippen molar-refractivity contribution in [3.63, 3.8) is 0 Å². The van der Waals surface area contributed by atoms with Crippen LogP contribution < -0.4 is 4.74 Å². The van der Waals surface area contributed by atoms with Crippen LogP contribution in [0.5, 0.6) is 5.75 Å². The molecule has 3 nitrogen and oxygen atoms in total. The van der Waals surface area contributed by atoms with Gasteiger partial charge in [0, 0.05) is 12.7 Å². The van der Waals surface area contributed by atoms with Gasteiger partial charge >= 0.3 is 0 Å². The van der Waals surface area contributed by atoms with Crippen LogP contribution in [0.25, 0.3) is 0 Å². The average Bonchev–Trinajstić information content (AvgIpc) is 2.49. The first-order chi connectivity index (χ1) is 9.67. The molecule has 2 atom stereocenters. The van der Waals surface area contributed by atoms with Crippen molar-refractivity contribution in [1.82, 2.24) is 0 Å². The van der Waals surface area contributed by atoms with Crippen LogP contribution in [0, 0.1) is 11.7 Å². The molecule has 0 spiro atoms. The molecule has 1 N–H and O–H groups in total. The summed E-state index contributed by atoms with van der Waals surface area (Å²) in [5, 5.41) is 10.6. The smallest absolute Gasteiger partial charge is 0.124 e. The zero-order valence-electron chi connectivity index (χ0n) is 12.1. The van der Waals surface area contributed by atoms with Crippen molar-refractivity contribution in [2.45, 2.75) is 44.3 Å². The minimum absolute atomic E-state index is 0.314. The Bertz CT molecular complexity index is 430. The first-order valence-corrected chi connectivity index (χ1v) is 7.21. The van der Waals surface area contributed by atoms with E-state index in [1.807, 2.05) is 0 Å². The molecule has 0 heterocycles. The molecular weight excluding hydrogens is 259 g/mol. The van der Waals surface area contributed by atoms with E-state index in [0.717, 1.165) is 25.7 Å². The van der Waals surface area contributed by atoms with Crippen LogP contribution in [0.15, 0.2) is 18.2 Å². The van der Waals surface area contributed by atoms with Crippen LogP contribution in [-0.4, -0.2) is 25.4 Å². The molecule has 20 heavy (non-hydrogen) atoms. The highest BCUT2D eigenvalue weighted by molar-refractivity contribution is 5.36. The lowest BCUT2D eigenvalue weighted by Crippen LogP contribution is -2.31. The van der Waals surface area contributed by atoms with Gasteiger partial charge in [-0.25, -0.2) is 4.39 Å². The van der Waals surface area contributed by atoms with E-state index in [1.54, 1.807) is 13.2 Å². The second-order valence-corrected chi connectivity index (χ2v) is 5.43. The van der Waals surface area contributed by atoms with Crippen LogP contribution in [0.2, 0.25) is 0 Å². The third-order valence-electron chi connectivity index (χ3n) is 4.21. The second kappa shape index (κ2) is 7.04. The zero-order valence-corrected chi connectivity index (χ0v) is 12.1. The summed E-state index contributed by atoms with van der Waals surface area (Å²) in [5.41, 5.74) is 0.463. The highest BCUT2D eigenvalue weighted by Crippen LogP contribution is 2.37. The van der Waals surface area contributed by atoms with Crippen molar-refractivity contribution in [2.75, 3.05) is 14.2 Å². The number of hydrogen-bond donors (Lipinski definition) is 1. The van der Waals surface area contributed by atoms with E-state index < -0.39 is 6.10 Å². The van der Waals surface area contributed by atoms with Crippen molar-refractivity contribution in [3.8, 4) is 5.75 Å². The summed E-state index contributed by atoms with van der Waals surface area (Å²) in [6.07, 6.45) is 4.49. The molecule has 0 bridgehead atoms. The molecule has 112 valence electrons. The van der Waals surface area contributed by atoms with Gasteiger partial charge in [-0.15, -0.1) is 0 Å². The van der Waals surface area contributed by atoms with Gasteiger partial charge in [0.1, 0.15) is 17.7 Å². The van der Waals surface area contributed by atoms with E-state index in [1.165, 1.54) is 25.7 Å². The largest absolute Gasteiger partial charge is 0.496 e. The van der Waals surface area contributed by atoms with E-state index in [4.69, 9.17) is 9.47 Å². The second-order valence-electron chi connectivity index (χ2n) is 5.43. The summed E-state index contributed by atoms with van der Waals surface area (Å²) in [5.74, 6) is 0.437. The number of methoxy groups -OCH3 is 2. The Labute approximate surface area is 119 Å². The molecule has 2 unspecified atom stereocenters. The number of hydrogen-bond acceptors (Lipinski definition) is 3. The fourth-order valence-electron chi connectivity index (χ4n) is 3.16. The van der Waals surface area contributed by atoms with Gasteiger partial charge in [0.05, 0.1) is 13.2 Å². The fraction of sp³-hybridized carbons (Fsp3) is 0.625. The van der Waals surface area contributed by atoms with E-state index >= 15 is 0 Å². The van der Waals surface area contributed by atoms with Crippen molar-refractivity contribution in [2.24, 2.45) is 5.92 Å². The molecule has 1 fully saturated rings. The van der Waals surface area contributed by atoms with Gasteiger partial charge in [0.2, 0.25) is 0 Å². The minimum Gasteiger partial charge on any atom is -0.496 e. The summed E-state index contributed by atoms with van der Waals surface area (Å²) >= 11 is 0. The molecule has 2 rings (SSSR count). The minimum atomic E-state index is -0.867. The molecule has 0 amide bonds. The predicted octanol–water partition coefficient (Wildman–Crippen LogP) is 3.46. The van der Waals surface area contributed by atoms with Crippen LogP contribution in [0.3, 0.4) is 0 Å². The summed E-state index contributed by atoms with van der Waals surface area (Å²) in [4.78, 5) is 0. The normalized spacial score (nSPS) is 19.6. The Morgan fingerprint density at radius 2 is 1.90 bits per heavy atom. The molecule has 1 aromatic rings. The number of aliphatic hydroxyl groups is 1.